The van der Waals surface area contributed by atoms with Gasteiger partial charge in [-0.1, -0.05) is 36.4 Å². The standard InChI is InChI=1S/C20H21N5O/c1-13(15-9-8-14-6-4-5-7-16(14)10-15)24(2)12-18-22-19-17(20(26)23-18)11-21-25(19)3/h4-11,13H,12H2,1-3H3,(H,22,23,26). The molecule has 0 bridgehead atoms. The van der Waals surface area contributed by atoms with E-state index in [1.165, 1.54) is 16.3 Å². The number of aromatic amines is 1. The van der Waals surface area contributed by atoms with Crippen molar-refractivity contribution < 1.29 is 0 Å². The maximum atomic E-state index is 12.2. The molecule has 4 rings (SSSR count). The molecule has 2 aromatic carbocycles. The number of fused-ring (bicyclic) bond motifs is 2. The number of nitrogens with zero attached hydrogens (tertiary/aromatic N) is 4. The molecule has 0 amide bonds. The van der Waals surface area contributed by atoms with Gasteiger partial charge in [0.2, 0.25) is 0 Å². The summed E-state index contributed by atoms with van der Waals surface area (Å²) in [6, 6.07) is 15.1. The third-order valence-corrected chi connectivity index (χ3v) is 4.97. The van der Waals surface area contributed by atoms with E-state index in [1.54, 1.807) is 17.9 Å². The summed E-state index contributed by atoms with van der Waals surface area (Å²) in [5, 5.41) is 7.09. The molecular weight excluding hydrogens is 326 g/mol. The molecule has 4 aromatic rings. The van der Waals surface area contributed by atoms with Crippen LogP contribution in [0.15, 0.2) is 53.5 Å². The highest BCUT2D eigenvalue weighted by Crippen LogP contribution is 2.24. The second-order valence-electron chi connectivity index (χ2n) is 6.72. The van der Waals surface area contributed by atoms with Gasteiger partial charge in [-0.25, -0.2) is 4.98 Å². The lowest BCUT2D eigenvalue weighted by atomic mass is 10.0. The van der Waals surface area contributed by atoms with E-state index in [9.17, 15) is 4.79 Å². The van der Waals surface area contributed by atoms with Crippen LogP contribution >= 0.6 is 0 Å². The summed E-state index contributed by atoms with van der Waals surface area (Å²) >= 11 is 0. The third-order valence-electron chi connectivity index (χ3n) is 4.97. The maximum Gasteiger partial charge on any atom is 0.262 e. The number of hydrogen-bond acceptors (Lipinski definition) is 4. The van der Waals surface area contributed by atoms with Crippen LogP contribution in [0.2, 0.25) is 0 Å². The Morgan fingerprint density at radius 2 is 1.96 bits per heavy atom. The molecule has 0 aliphatic carbocycles. The van der Waals surface area contributed by atoms with E-state index in [-0.39, 0.29) is 11.6 Å². The summed E-state index contributed by atoms with van der Waals surface area (Å²) in [5.74, 6) is 0.640. The minimum absolute atomic E-state index is 0.148. The van der Waals surface area contributed by atoms with E-state index in [0.717, 1.165) is 0 Å². The highest BCUT2D eigenvalue weighted by molar-refractivity contribution is 5.83. The van der Waals surface area contributed by atoms with Crippen LogP contribution in [-0.4, -0.2) is 31.7 Å². The Hall–Kier alpha value is -2.99. The zero-order valence-corrected chi connectivity index (χ0v) is 15.1. The van der Waals surface area contributed by atoms with E-state index in [2.05, 4.69) is 63.3 Å². The Morgan fingerprint density at radius 1 is 1.19 bits per heavy atom. The van der Waals surface area contributed by atoms with Crippen LogP contribution in [0, 0.1) is 0 Å². The summed E-state index contributed by atoms with van der Waals surface area (Å²) in [5.41, 5.74) is 1.69. The average Bonchev–Trinajstić information content (AvgIpc) is 3.02. The summed E-state index contributed by atoms with van der Waals surface area (Å²) < 4.78 is 1.63. The largest absolute Gasteiger partial charge is 0.309 e. The molecular formula is C20H21N5O. The topological polar surface area (TPSA) is 66.8 Å². The highest BCUT2D eigenvalue weighted by atomic mass is 16.1. The van der Waals surface area contributed by atoms with Gasteiger partial charge in [0.25, 0.3) is 5.56 Å². The minimum atomic E-state index is -0.148. The molecule has 0 saturated heterocycles. The Labute approximate surface area is 151 Å². The molecule has 0 radical (unpaired) electrons. The number of rotatable bonds is 4. The molecule has 1 atom stereocenters. The Bertz CT molecular complexity index is 1140. The Balaban J connectivity index is 1.61. The first-order valence-corrected chi connectivity index (χ1v) is 8.63. The van der Waals surface area contributed by atoms with Crippen molar-refractivity contribution in [1.82, 2.24) is 24.6 Å². The summed E-state index contributed by atoms with van der Waals surface area (Å²) in [4.78, 5) is 21.8. The number of hydrogen-bond donors (Lipinski definition) is 1. The molecule has 2 heterocycles. The van der Waals surface area contributed by atoms with Crippen molar-refractivity contribution >= 4 is 21.8 Å². The first-order valence-electron chi connectivity index (χ1n) is 8.63. The molecule has 0 aliphatic heterocycles. The van der Waals surface area contributed by atoms with E-state index >= 15 is 0 Å². The molecule has 26 heavy (non-hydrogen) atoms. The van der Waals surface area contributed by atoms with Crippen molar-refractivity contribution in [3.63, 3.8) is 0 Å². The number of aromatic nitrogens is 4. The number of nitrogens with one attached hydrogen (secondary N) is 1. The van der Waals surface area contributed by atoms with Crippen LogP contribution in [0.5, 0.6) is 0 Å². The summed E-state index contributed by atoms with van der Waals surface area (Å²) in [7, 11) is 3.83. The molecule has 2 aromatic heterocycles. The van der Waals surface area contributed by atoms with Gasteiger partial charge in [0.05, 0.1) is 12.7 Å². The van der Waals surface area contributed by atoms with Crippen LogP contribution in [0.3, 0.4) is 0 Å². The SMILES string of the molecule is CC(c1ccc2ccccc2c1)N(C)Cc1nc2c(cnn2C)c(=O)[nH]1. The molecule has 6 nitrogen and oxygen atoms in total. The summed E-state index contributed by atoms with van der Waals surface area (Å²) in [6.07, 6.45) is 1.55. The normalized spacial score (nSPS) is 12.9. The predicted molar refractivity (Wildman–Crippen MR) is 103 cm³/mol. The van der Waals surface area contributed by atoms with E-state index in [0.29, 0.717) is 23.4 Å². The van der Waals surface area contributed by atoms with Crippen molar-refractivity contribution in [1.29, 1.82) is 0 Å². The van der Waals surface area contributed by atoms with Crippen molar-refractivity contribution in [3.05, 3.63) is 70.4 Å². The van der Waals surface area contributed by atoms with Gasteiger partial charge in [-0.2, -0.15) is 5.10 Å². The molecule has 1 N–H and O–H groups in total. The van der Waals surface area contributed by atoms with Crippen molar-refractivity contribution in [2.24, 2.45) is 7.05 Å². The van der Waals surface area contributed by atoms with Crippen LogP contribution < -0.4 is 5.56 Å². The van der Waals surface area contributed by atoms with Crippen molar-refractivity contribution in [2.45, 2.75) is 19.5 Å². The molecule has 6 heteroatoms. The molecule has 132 valence electrons. The zero-order chi connectivity index (χ0) is 18.3. The fourth-order valence-electron chi connectivity index (χ4n) is 3.25. The fourth-order valence-corrected chi connectivity index (χ4v) is 3.25. The van der Waals surface area contributed by atoms with Gasteiger partial charge in [-0.05, 0) is 36.4 Å². The first kappa shape index (κ1) is 16.5. The Kier molecular flexibility index (Phi) is 4.05. The third kappa shape index (κ3) is 2.88. The Morgan fingerprint density at radius 3 is 2.77 bits per heavy atom. The van der Waals surface area contributed by atoms with Gasteiger partial charge in [-0.15, -0.1) is 0 Å². The van der Waals surface area contributed by atoms with Crippen LogP contribution in [0.1, 0.15) is 24.4 Å². The highest BCUT2D eigenvalue weighted by Gasteiger charge is 2.15. The second kappa shape index (κ2) is 6.38. The number of benzene rings is 2. The van der Waals surface area contributed by atoms with Gasteiger partial charge in [0.15, 0.2) is 5.65 Å². The van der Waals surface area contributed by atoms with Crippen LogP contribution in [-0.2, 0) is 13.6 Å². The van der Waals surface area contributed by atoms with Crippen molar-refractivity contribution in [3.8, 4) is 0 Å². The van der Waals surface area contributed by atoms with E-state index in [4.69, 9.17) is 0 Å². The van der Waals surface area contributed by atoms with Gasteiger partial charge in [-0.3, -0.25) is 14.4 Å². The van der Waals surface area contributed by atoms with Gasteiger partial charge in [0.1, 0.15) is 11.2 Å². The number of H-pyrrole nitrogens is 1. The van der Waals surface area contributed by atoms with Gasteiger partial charge >= 0.3 is 0 Å². The first-order chi connectivity index (χ1) is 12.5. The monoisotopic (exact) mass is 347 g/mol. The zero-order valence-electron chi connectivity index (χ0n) is 15.1. The molecule has 0 fully saturated rings. The smallest absolute Gasteiger partial charge is 0.262 e. The quantitative estimate of drug-likeness (QED) is 0.616. The van der Waals surface area contributed by atoms with Crippen LogP contribution in [0.25, 0.3) is 21.8 Å². The molecule has 1 unspecified atom stereocenters. The number of aryl methyl sites for hydroxylation is 1. The van der Waals surface area contributed by atoms with E-state index < -0.39 is 0 Å². The lowest BCUT2D eigenvalue weighted by Crippen LogP contribution is -2.25. The van der Waals surface area contributed by atoms with Crippen LogP contribution in [0.4, 0.5) is 0 Å². The maximum absolute atomic E-state index is 12.2. The summed E-state index contributed by atoms with van der Waals surface area (Å²) in [6.45, 7) is 2.70. The molecule has 0 saturated carbocycles. The van der Waals surface area contributed by atoms with Crippen molar-refractivity contribution in [2.75, 3.05) is 7.05 Å². The van der Waals surface area contributed by atoms with Gasteiger partial charge < -0.3 is 4.98 Å². The molecule has 0 spiro atoms. The average molecular weight is 347 g/mol. The fraction of sp³-hybridized carbons (Fsp3) is 0.250. The lowest BCUT2D eigenvalue weighted by Gasteiger charge is -2.24. The van der Waals surface area contributed by atoms with E-state index in [1.807, 2.05) is 13.1 Å². The second-order valence-corrected chi connectivity index (χ2v) is 6.72. The predicted octanol–water partition coefficient (Wildman–Crippen LogP) is 3.00. The minimum Gasteiger partial charge on any atom is -0.309 e. The molecule has 0 aliphatic rings. The van der Waals surface area contributed by atoms with Gasteiger partial charge in [0, 0.05) is 13.1 Å². The lowest BCUT2D eigenvalue weighted by molar-refractivity contribution is 0.247.